The topological polar surface area (TPSA) is 192 Å². The van der Waals surface area contributed by atoms with E-state index in [2.05, 4.69) is 50.3 Å². The Morgan fingerprint density at radius 2 is 0.918 bits per heavy atom. The number of aliphatic hydroxyl groups is 5. The molecule has 0 bridgehead atoms. The predicted molar refractivity (Wildman–Crippen MR) is 244 cm³/mol. The van der Waals surface area contributed by atoms with Crippen LogP contribution in [0.3, 0.4) is 0 Å². The third-order valence-corrected chi connectivity index (χ3v) is 12.2. The van der Waals surface area contributed by atoms with Crippen molar-refractivity contribution in [3.8, 4) is 0 Å². The molecule has 0 radical (unpaired) electrons. The number of ether oxygens (including phenoxy) is 2. The van der Waals surface area contributed by atoms with Crippen LogP contribution in [0.2, 0.25) is 0 Å². The number of hydrogen-bond acceptors (Lipinski definition) is 11. The Balaban J connectivity index is 2.39. The zero-order valence-electron chi connectivity index (χ0n) is 38.2. The molecule has 358 valence electrons. The van der Waals surface area contributed by atoms with E-state index in [0.29, 0.717) is 13.0 Å². The number of carbonyl (C=O) groups is 1. The normalized spacial score (nSPS) is 22.4. The molecule has 1 aliphatic carbocycles. The molecule has 0 spiro atoms. The molecular weight excluding hydrogens is 799 g/mol. The fraction of sp³-hybridized carbons (Fsp3) is 0.854. The van der Waals surface area contributed by atoms with E-state index in [-0.39, 0.29) is 13.0 Å². The van der Waals surface area contributed by atoms with Crippen LogP contribution in [0.15, 0.2) is 36.5 Å². The van der Waals surface area contributed by atoms with E-state index >= 15 is 0 Å². The number of allylic oxidation sites excluding steroid dienone is 6. The van der Waals surface area contributed by atoms with Gasteiger partial charge in [0.25, 0.3) is 0 Å². The molecule has 0 aromatic rings. The summed E-state index contributed by atoms with van der Waals surface area (Å²) < 4.78 is 34.2. The summed E-state index contributed by atoms with van der Waals surface area (Å²) >= 11 is 0. The van der Waals surface area contributed by atoms with Crippen LogP contribution in [0.4, 0.5) is 0 Å². The van der Waals surface area contributed by atoms with E-state index in [9.17, 15) is 39.8 Å². The Bertz CT molecular complexity index is 1150. The molecule has 0 amide bonds. The first kappa shape index (κ1) is 57.6. The second-order valence-corrected chi connectivity index (χ2v) is 18.4. The summed E-state index contributed by atoms with van der Waals surface area (Å²) in [5.74, 6) is -0.485. The molecule has 0 aliphatic heterocycles. The minimum absolute atomic E-state index is 0.0847. The zero-order valence-corrected chi connectivity index (χ0v) is 39.1. The van der Waals surface area contributed by atoms with Crippen molar-refractivity contribution in [2.24, 2.45) is 0 Å². The van der Waals surface area contributed by atoms with Gasteiger partial charge in [-0.25, -0.2) is 4.57 Å². The van der Waals surface area contributed by atoms with Crippen molar-refractivity contribution in [3.05, 3.63) is 36.5 Å². The number of esters is 1. The number of phosphoric acid groups is 1. The fourth-order valence-electron chi connectivity index (χ4n) is 7.32. The SMILES string of the molecule is CCCCCC/C=C\C/C=C\CCCCCCCCOCC(COP(=O)(O)OC1C(O)C(O)C(O)C(O)C1O)OC(=O)CCCCCCCCC/C=C\CCCCCCCC. The molecule has 1 aliphatic rings. The second-order valence-electron chi connectivity index (χ2n) is 17.0. The fourth-order valence-corrected chi connectivity index (χ4v) is 8.29. The van der Waals surface area contributed by atoms with E-state index in [1.165, 1.54) is 109 Å². The maximum Gasteiger partial charge on any atom is 0.472 e. The van der Waals surface area contributed by atoms with Crippen LogP contribution in [-0.4, -0.2) is 98.9 Å². The molecule has 61 heavy (non-hydrogen) atoms. The van der Waals surface area contributed by atoms with Crippen molar-refractivity contribution >= 4 is 13.8 Å². The molecule has 13 heteroatoms. The van der Waals surface area contributed by atoms with Crippen molar-refractivity contribution in [1.29, 1.82) is 0 Å². The molecule has 12 nitrogen and oxygen atoms in total. The van der Waals surface area contributed by atoms with Gasteiger partial charge in [-0.3, -0.25) is 13.8 Å². The summed E-state index contributed by atoms with van der Waals surface area (Å²) in [4.78, 5) is 23.2. The minimum Gasteiger partial charge on any atom is -0.457 e. The summed E-state index contributed by atoms with van der Waals surface area (Å²) in [5.41, 5.74) is 0. The Labute approximate surface area is 370 Å². The number of unbranched alkanes of at least 4 members (excludes halogenated alkanes) is 23. The quantitative estimate of drug-likeness (QED) is 0.0148. The molecule has 0 heterocycles. The smallest absolute Gasteiger partial charge is 0.457 e. The van der Waals surface area contributed by atoms with E-state index in [0.717, 1.165) is 64.2 Å². The summed E-state index contributed by atoms with van der Waals surface area (Å²) in [6, 6.07) is 0. The van der Waals surface area contributed by atoms with Gasteiger partial charge in [0.05, 0.1) is 13.2 Å². The Hall–Kier alpha value is -1.44. The minimum atomic E-state index is -5.02. The van der Waals surface area contributed by atoms with Gasteiger partial charge in [-0.2, -0.15) is 0 Å². The van der Waals surface area contributed by atoms with E-state index in [4.69, 9.17) is 18.5 Å². The van der Waals surface area contributed by atoms with Crippen LogP contribution in [0, 0.1) is 0 Å². The van der Waals surface area contributed by atoms with Crippen LogP contribution in [-0.2, 0) is 27.9 Å². The molecule has 0 aromatic carbocycles. The Morgan fingerprint density at radius 3 is 1.41 bits per heavy atom. The van der Waals surface area contributed by atoms with Crippen molar-refractivity contribution in [2.75, 3.05) is 19.8 Å². The van der Waals surface area contributed by atoms with Gasteiger partial charge < -0.3 is 39.9 Å². The highest BCUT2D eigenvalue weighted by Crippen LogP contribution is 2.47. The monoisotopic (exact) mass is 889 g/mol. The van der Waals surface area contributed by atoms with Crippen LogP contribution in [0.25, 0.3) is 0 Å². The highest BCUT2D eigenvalue weighted by molar-refractivity contribution is 7.47. The standard InChI is InChI=1S/C48H89O12P/c1-3-5-7-9-11-13-15-17-19-21-23-25-27-29-31-33-35-37-42(49)59-41(40-58-61(55,56)60-48-46(53)44(51)43(50)45(52)47(48)54)39-57-38-36-34-32-30-28-26-24-22-20-18-16-14-12-10-8-6-4-2/h14,16-17,19-20,22,41,43-48,50-54H,3-13,15,18,21,23-40H2,1-2H3,(H,55,56)/b16-14-,19-17-,22-20-. The summed E-state index contributed by atoms with van der Waals surface area (Å²) in [6.45, 7) is 4.22. The molecule has 0 saturated heterocycles. The predicted octanol–water partition coefficient (Wildman–Crippen LogP) is 10.3. The molecule has 0 aromatic heterocycles. The Kier molecular flexibility index (Phi) is 36.8. The molecule has 6 atom stereocenters. The number of aliphatic hydroxyl groups excluding tert-OH is 5. The van der Waals surface area contributed by atoms with E-state index in [1.807, 2.05) is 0 Å². The molecule has 1 saturated carbocycles. The van der Waals surface area contributed by atoms with Crippen molar-refractivity contribution in [3.63, 3.8) is 0 Å². The maximum atomic E-state index is 12.8. The first-order valence-electron chi connectivity index (χ1n) is 24.3. The summed E-state index contributed by atoms with van der Waals surface area (Å²) in [6.07, 6.45) is 33.5. The number of rotatable bonds is 41. The summed E-state index contributed by atoms with van der Waals surface area (Å²) in [5, 5.41) is 50.2. The highest BCUT2D eigenvalue weighted by Gasteiger charge is 2.51. The van der Waals surface area contributed by atoms with Gasteiger partial charge in [-0.15, -0.1) is 0 Å². The third kappa shape index (κ3) is 31.1. The molecule has 6 N–H and O–H groups in total. The zero-order chi connectivity index (χ0) is 44.8. The van der Waals surface area contributed by atoms with Gasteiger partial charge in [0.2, 0.25) is 0 Å². The lowest BCUT2D eigenvalue weighted by molar-refractivity contribution is -0.220. The maximum absolute atomic E-state index is 12.8. The van der Waals surface area contributed by atoms with Gasteiger partial charge in [0.1, 0.15) is 42.7 Å². The van der Waals surface area contributed by atoms with E-state index in [1.54, 1.807) is 0 Å². The lowest BCUT2D eigenvalue weighted by Crippen LogP contribution is -2.64. The van der Waals surface area contributed by atoms with Crippen LogP contribution in [0.1, 0.15) is 200 Å². The van der Waals surface area contributed by atoms with Gasteiger partial charge in [0, 0.05) is 13.0 Å². The average Bonchev–Trinajstić information content (AvgIpc) is 3.24. The highest BCUT2D eigenvalue weighted by atomic mass is 31.2. The van der Waals surface area contributed by atoms with Gasteiger partial charge in [0.15, 0.2) is 0 Å². The Morgan fingerprint density at radius 1 is 0.525 bits per heavy atom. The first-order chi connectivity index (χ1) is 29.5. The van der Waals surface area contributed by atoms with Gasteiger partial charge in [-0.05, 0) is 70.6 Å². The van der Waals surface area contributed by atoms with Crippen molar-refractivity contribution in [1.82, 2.24) is 0 Å². The number of hydrogen-bond donors (Lipinski definition) is 6. The first-order valence-corrected chi connectivity index (χ1v) is 25.8. The number of phosphoric ester groups is 1. The van der Waals surface area contributed by atoms with Crippen LogP contribution in [0.5, 0.6) is 0 Å². The lowest BCUT2D eigenvalue weighted by atomic mass is 9.85. The van der Waals surface area contributed by atoms with Gasteiger partial charge in [-0.1, -0.05) is 159 Å². The van der Waals surface area contributed by atoms with Crippen molar-refractivity contribution < 1.29 is 58.3 Å². The average molecular weight is 889 g/mol. The van der Waals surface area contributed by atoms with Crippen molar-refractivity contribution in [2.45, 2.75) is 243 Å². The van der Waals surface area contributed by atoms with Gasteiger partial charge >= 0.3 is 13.8 Å². The molecule has 1 fully saturated rings. The lowest BCUT2D eigenvalue weighted by Gasteiger charge is -2.41. The molecule has 6 unspecified atom stereocenters. The van der Waals surface area contributed by atoms with E-state index < -0.39 is 63.1 Å². The largest absolute Gasteiger partial charge is 0.472 e. The van der Waals surface area contributed by atoms with Crippen LogP contribution < -0.4 is 0 Å². The number of carbonyl (C=O) groups excluding carboxylic acids is 1. The second kappa shape index (κ2) is 39.0. The summed E-state index contributed by atoms with van der Waals surface area (Å²) in [7, 11) is -5.02. The van der Waals surface area contributed by atoms with Crippen LogP contribution >= 0.6 is 7.82 Å². The molecule has 1 rings (SSSR count). The third-order valence-electron chi connectivity index (χ3n) is 11.2. The molecular formula is C48H89O12P.